The maximum atomic E-state index is 8.70. The molecular formula is C10H10N4. The summed E-state index contributed by atoms with van der Waals surface area (Å²) in [5.74, 6) is 0.745. The molecule has 0 spiro atoms. The summed E-state index contributed by atoms with van der Waals surface area (Å²) < 4.78 is 0. The minimum absolute atomic E-state index is 0.118. The van der Waals surface area contributed by atoms with Crippen molar-refractivity contribution in [2.75, 3.05) is 0 Å². The van der Waals surface area contributed by atoms with Crippen LogP contribution in [0.2, 0.25) is 0 Å². The third kappa shape index (κ3) is 1.34. The fourth-order valence-corrected chi connectivity index (χ4v) is 1.31. The molecule has 1 heterocycles. The number of aromatic amines is 1. The number of hydrogen-bond acceptors (Lipinski definition) is 3. The SMILES string of the molecule is CC(N)c1nc2ccc(C#N)cc2[nH]1. The average molecular weight is 186 g/mol. The molecule has 1 atom stereocenters. The monoisotopic (exact) mass is 186 g/mol. The van der Waals surface area contributed by atoms with Gasteiger partial charge in [0.25, 0.3) is 0 Å². The van der Waals surface area contributed by atoms with Gasteiger partial charge in [-0.05, 0) is 25.1 Å². The molecule has 0 amide bonds. The van der Waals surface area contributed by atoms with Crippen LogP contribution in [-0.2, 0) is 0 Å². The van der Waals surface area contributed by atoms with E-state index in [4.69, 9.17) is 11.0 Å². The number of benzene rings is 1. The summed E-state index contributed by atoms with van der Waals surface area (Å²) in [7, 11) is 0. The van der Waals surface area contributed by atoms with Crippen LogP contribution in [0.1, 0.15) is 24.4 Å². The Balaban J connectivity index is 2.61. The Labute approximate surface area is 81.4 Å². The second-order valence-electron chi connectivity index (χ2n) is 3.25. The first-order valence-electron chi connectivity index (χ1n) is 4.36. The summed E-state index contributed by atoms with van der Waals surface area (Å²) in [6, 6.07) is 7.29. The van der Waals surface area contributed by atoms with Crippen LogP contribution in [0, 0.1) is 11.3 Å². The number of aromatic nitrogens is 2. The third-order valence-corrected chi connectivity index (χ3v) is 2.06. The lowest BCUT2D eigenvalue weighted by Crippen LogP contribution is -2.06. The standard InChI is InChI=1S/C10H10N4/c1-6(12)10-13-8-3-2-7(5-11)4-9(8)14-10/h2-4,6H,12H2,1H3,(H,13,14). The predicted octanol–water partition coefficient (Wildman–Crippen LogP) is 1.45. The molecule has 0 saturated heterocycles. The van der Waals surface area contributed by atoms with Gasteiger partial charge in [-0.2, -0.15) is 5.26 Å². The summed E-state index contributed by atoms with van der Waals surface area (Å²) in [4.78, 5) is 7.38. The van der Waals surface area contributed by atoms with Crippen molar-refractivity contribution in [1.29, 1.82) is 5.26 Å². The highest BCUT2D eigenvalue weighted by Gasteiger charge is 2.06. The zero-order chi connectivity index (χ0) is 10.1. The molecule has 0 radical (unpaired) electrons. The van der Waals surface area contributed by atoms with E-state index in [9.17, 15) is 0 Å². The molecule has 0 saturated carbocycles. The van der Waals surface area contributed by atoms with Crippen LogP contribution < -0.4 is 5.73 Å². The van der Waals surface area contributed by atoms with Crippen molar-refractivity contribution < 1.29 is 0 Å². The quantitative estimate of drug-likeness (QED) is 0.707. The van der Waals surface area contributed by atoms with Gasteiger partial charge in [-0.25, -0.2) is 4.98 Å². The van der Waals surface area contributed by atoms with Crippen LogP contribution in [0.5, 0.6) is 0 Å². The molecule has 4 heteroatoms. The van der Waals surface area contributed by atoms with Gasteiger partial charge in [0.2, 0.25) is 0 Å². The van der Waals surface area contributed by atoms with Gasteiger partial charge in [0.05, 0.1) is 28.7 Å². The van der Waals surface area contributed by atoms with E-state index < -0.39 is 0 Å². The fraction of sp³-hybridized carbons (Fsp3) is 0.200. The zero-order valence-electron chi connectivity index (χ0n) is 7.78. The van der Waals surface area contributed by atoms with Crippen molar-refractivity contribution in [2.45, 2.75) is 13.0 Å². The molecule has 3 N–H and O–H groups in total. The van der Waals surface area contributed by atoms with Crippen molar-refractivity contribution in [2.24, 2.45) is 5.73 Å². The number of H-pyrrole nitrogens is 1. The highest BCUT2D eigenvalue weighted by Crippen LogP contribution is 2.15. The van der Waals surface area contributed by atoms with Crippen molar-refractivity contribution in [3.05, 3.63) is 29.6 Å². The number of rotatable bonds is 1. The number of nitriles is 1. The van der Waals surface area contributed by atoms with E-state index in [-0.39, 0.29) is 6.04 Å². The van der Waals surface area contributed by atoms with Gasteiger partial charge in [-0.1, -0.05) is 0 Å². The lowest BCUT2D eigenvalue weighted by molar-refractivity contribution is 0.760. The molecule has 0 aliphatic carbocycles. The van der Waals surface area contributed by atoms with Crippen molar-refractivity contribution in [3.63, 3.8) is 0 Å². The molecule has 0 aliphatic rings. The highest BCUT2D eigenvalue weighted by molar-refractivity contribution is 5.76. The third-order valence-electron chi connectivity index (χ3n) is 2.06. The largest absolute Gasteiger partial charge is 0.341 e. The highest BCUT2D eigenvalue weighted by atomic mass is 15.0. The number of nitrogens with two attached hydrogens (primary N) is 1. The van der Waals surface area contributed by atoms with E-state index in [2.05, 4.69) is 16.0 Å². The van der Waals surface area contributed by atoms with Gasteiger partial charge in [-0.15, -0.1) is 0 Å². The van der Waals surface area contributed by atoms with Crippen molar-refractivity contribution >= 4 is 11.0 Å². The second kappa shape index (κ2) is 3.13. The first kappa shape index (κ1) is 8.73. The van der Waals surface area contributed by atoms with Crippen molar-refractivity contribution in [1.82, 2.24) is 9.97 Å². The molecule has 1 unspecified atom stereocenters. The fourth-order valence-electron chi connectivity index (χ4n) is 1.31. The van der Waals surface area contributed by atoms with Gasteiger partial charge in [-0.3, -0.25) is 0 Å². The maximum Gasteiger partial charge on any atom is 0.123 e. The van der Waals surface area contributed by atoms with Crippen molar-refractivity contribution in [3.8, 4) is 6.07 Å². The Bertz CT molecular complexity index is 504. The van der Waals surface area contributed by atoms with Gasteiger partial charge in [0.15, 0.2) is 0 Å². The summed E-state index contributed by atoms with van der Waals surface area (Å²) in [6.07, 6.45) is 0. The molecule has 70 valence electrons. The number of fused-ring (bicyclic) bond motifs is 1. The van der Waals surface area contributed by atoms with E-state index in [1.807, 2.05) is 13.0 Å². The summed E-state index contributed by atoms with van der Waals surface area (Å²) >= 11 is 0. The lowest BCUT2D eigenvalue weighted by Gasteiger charge is -1.96. The van der Waals surface area contributed by atoms with Crippen LogP contribution in [0.3, 0.4) is 0 Å². The number of nitrogens with one attached hydrogen (secondary N) is 1. The number of imidazole rings is 1. The Morgan fingerprint density at radius 3 is 3.00 bits per heavy atom. The van der Waals surface area contributed by atoms with Gasteiger partial charge < -0.3 is 10.7 Å². The Hall–Kier alpha value is -1.86. The smallest absolute Gasteiger partial charge is 0.123 e. The molecule has 4 nitrogen and oxygen atoms in total. The molecule has 1 aromatic carbocycles. The normalized spacial score (nSPS) is 12.6. The average Bonchev–Trinajstić information content (AvgIpc) is 2.59. The molecule has 0 aliphatic heterocycles. The number of hydrogen-bond donors (Lipinski definition) is 2. The molecule has 0 fully saturated rings. The first-order chi connectivity index (χ1) is 6.70. The minimum atomic E-state index is -0.118. The first-order valence-corrected chi connectivity index (χ1v) is 4.36. The predicted molar refractivity (Wildman–Crippen MR) is 53.4 cm³/mol. The van der Waals surface area contributed by atoms with Crippen LogP contribution in [0.15, 0.2) is 18.2 Å². The molecule has 14 heavy (non-hydrogen) atoms. The van der Waals surface area contributed by atoms with Crippen LogP contribution in [-0.4, -0.2) is 9.97 Å². The lowest BCUT2D eigenvalue weighted by atomic mass is 10.2. The Morgan fingerprint density at radius 2 is 2.36 bits per heavy atom. The Morgan fingerprint density at radius 1 is 1.57 bits per heavy atom. The van der Waals surface area contributed by atoms with Gasteiger partial charge in [0, 0.05) is 0 Å². The van der Waals surface area contributed by atoms with Crippen LogP contribution in [0.4, 0.5) is 0 Å². The zero-order valence-corrected chi connectivity index (χ0v) is 7.78. The minimum Gasteiger partial charge on any atom is -0.341 e. The van der Waals surface area contributed by atoms with E-state index in [1.54, 1.807) is 12.1 Å². The summed E-state index contributed by atoms with van der Waals surface area (Å²) in [5.41, 5.74) is 8.01. The molecule has 2 rings (SSSR count). The molecule has 2 aromatic rings. The van der Waals surface area contributed by atoms with E-state index in [1.165, 1.54) is 0 Å². The molecule has 0 bridgehead atoms. The van der Waals surface area contributed by atoms with Gasteiger partial charge >= 0.3 is 0 Å². The van der Waals surface area contributed by atoms with Gasteiger partial charge in [0.1, 0.15) is 5.82 Å². The van der Waals surface area contributed by atoms with E-state index >= 15 is 0 Å². The van der Waals surface area contributed by atoms with Crippen LogP contribution >= 0.6 is 0 Å². The van der Waals surface area contributed by atoms with Crippen LogP contribution in [0.25, 0.3) is 11.0 Å². The summed E-state index contributed by atoms with van der Waals surface area (Å²) in [6.45, 7) is 1.86. The van der Waals surface area contributed by atoms with E-state index in [0.717, 1.165) is 16.9 Å². The molecule has 1 aromatic heterocycles. The topological polar surface area (TPSA) is 78.5 Å². The summed E-state index contributed by atoms with van der Waals surface area (Å²) in [5, 5.41) is 8.70. The Kier molecular flexibility index (Phi) is 1.95. The number of nitrogens with zero attached hydrogens (tertiary/aromatic N) is 2. The van der Waals surface area contributed by atoms with E-state index in [0.29, 0.717) is 5.56 Å². The second-order valence-corrected chi connectivity index (χ2v) is 3.25. The molecular weight excluding hydrogens is 176 g/mol. The maximum absolute atomic E-state index is 8.70.